The highest BCUT2D eigenvalue weighted by atomic mass is 16.2. The van der Waals surface area contributed by atoms with E-state index in [0.29, 0.717) is 6.54 Å². The van der Waals surface area contributed by atoms with Crippen LogP contribution in [-0.4, -0.2) is 70.6 Å². The van der Waals surface area contributed by atoms with E-state index in [1.54, 1.807) is 36.0 Å². The first-order valence-electron chi connectivity index (χ1n) is 10.2. The van der Waals surface area contributed by atoms with Gasteiger partial charge in [-0.2, -0.15) is 0 Å². The Morgan fingerprint density at radius 2 is 1.58 bits per heavy atom. The average molecular weight is 417 g/mol. The number of piperazine rings is 1. The fraction of sp³-hybridized carbons (Fsp3) is 0.333. The van der Waals surface area contributed by atoms with Crippen LogP contribution < -0.4 is 19.6 Å². The number of aromatic nitrogens is 5. The summed E-state index contributed by atoms with van der Waals surface area (Å²) in [5, 5.41) is 0. The van der Waals surface area contributed by atoms with Crippen LogP contribution in [0.25, 0.3) is 0 Å². The molecule has 1 fully saturated rings. The van der Waals surface area contributed by atoms with Crippen molar-refractivity contribution in [1.29, 1.82) is 0 Å². The van der Waals surface area contributed by atoms with Crippen LogP contribution in [0, 0.1) is 0 Å². The van der Waals surface area contributed by atoms with Gasteiger partial charge in [-0.05, 0) is 18.2 Å². The highest BCUT2D eigenvalue weighted by Crippen LogP contribution is 2.32. The topological polar surface area (TPSA) is 94.5 Å². The van der Waals surface area contributed by atoms with E-state index >= 15 is 0 Å². The molecule has 0 unspecified atom stereocenters. The van der Waals surface area contributed by atoms with E-state index < -0.39 is 0 Å². The highest BCUT2D eigenvalue weighted by Gasteiger charge is 2.30. The number of carbonyl (C=O) groups excluding carboxylic acids is 1. The molecule has 0 radical (unpaired) electrons. The van der Waals surface area contributed by atoms with Gasteiger partial charge in [0.05, 0.1) is 30.5 Å². The first-order chi connectivity index (χ1) is 15.2. The van der Waals surface area contributed by atoms with Crippen LogP contribution in [0.2, 0.25) is 0 Å². The van der Waals surface area contributed by atoms with E-state index in [1.165, 1.54) is 0 Å². The van der Waals surface area contributed by atoms with E-state index in [9.17, 15) is 4.79 Å². The lowest BCUT2D eigenvalue weighted by atomic mass is 10.2. The monoisotopic (exact) mass is 417 g/mol. The summed E-state index contributed by atoms with van der Waals surface area (Å²) < 4.78 is 0. The third-order valence-electron chi connectivity index (χ3n) is 5.62. The molecule has 0 bridgehead atoms. The van der Waals surface area contributed by atoms with Crippen molar-refractivity contribution in [2.24, 2.45) is 0 Å². The number of fused-ring (bicyclic) bond motifs is 1. The highest BCUT2D eigenvalue weighted by molar-refractivity contribution is 5.97. The summed E-state index contributed by atoms with van der Waals surface area (Å²) in [5.41, 5.74) is 1.72. The number of carbonyl (C=O) groups is 1. The number of hydrogen-bond donors (Lipinski definition) is 0. The summed E-state index contributed by atoms with van der Waals surface area (Å²) >= 11 is 0. The number of rotatable bonds is 3. The molecule has 2 aliphatic rings. The molecular weight excluding hydrogens is 394 g/mol. The Hall–Kier alpha value is -3.82. The Balaban J connectivity index is 1.43. The first kappa shape index (κ1) is 19.2. The minimum atomic E-state index is 0.00509. The number of likely N-dealkylation sites (N-methyl/N-ethyl adjacent to an activating group) is 1. The number of amides is 1. The summed E-state index contributed by atoms with van der Waals surface area (Å²) in [7, 11) is 1.89. The van der Waals surface area contributed by atoms with Crippen molar-refractivity contribution < 1.29 is 4.79 Å². The molecule has 5 heterocycles. The molecule has 0 aliphatic carbocycles. The maximum Gasteiger partial charge on any atom is 0.246 e. The predicted molar refractivity (Wildman–Crippen MR) is 117 cm³/mol. The van der Waals surface area contributed by atoms with Crippen molar-refractivity contribution in [1.82, 2.24) is 24.9 Å². The lowest BCUT2D eigenvalue weighted by molar-refractivity contribution is -0.117. The zero-order valence-electron chi connectivity index (χ0n) is 17.3. The molecule has 0 atom stereocenters. The minimum Gasteiger partial charge on any atom is -0.353 e. The lowest BCUT2D eigenvalue weighted by Crippen LogP contribution is -2.47. The van der Waals surface area contributed by atoms with Crippen LogP contribution in [0.3, 0.4) is 0 Å². The molecule has 1 saturated heterocycles. The molecule has 0 saturated carbocycles. The summed E-state index contributed by atoms with van der Waals surface area (Å²) in [6.45, 7) is 3.81. The maximum atomic E-state index is 13.0. The van der Waals surface area contributed by atoms with Crippen LogP contribution in [0.5, 0.6) is 0 Å². The van der Waals surface area contributed by atoms with Crippen molar-refractivity contribution in [2.45, 2.75) is 6.54 Å². The maximum absolute atomic E-state index is 13.0. The van der Waals surface area contributed by atoms with E-state index in [-0.39, 0.29) is 12.5 Å². The summed E-state index contributed by atoms with van der Waals surface area (Å²) in [6, 6.07) is 5.56. The molecular formula is C21H23N9O. The second-order valence-corrected chi connectivity index (χ2v) is 7.57. The first-order valence-corrected chi connectivity index (χ1v) is 10.2. The van der Waals surface area contributed by atoms with Gasteiger partial charge in [-0.25, -0.2) is 19.9 Å². The van der Waals surface area contributed by atoms with Crippen molar-refractivity contribution in [3.05, 3.63) is 54.9 Å². The van der Waals surface area contributed by atoms with Gasteiger partial charge in [-0.3, -0.25) is 9.78 Å². The SMILES string of the molecule is CN1CC(=O)N(c2cccnc2)Cc2c1ncnc2N1CCN(c2ncccn2)CC1. The van der Waals surface area contributed by atoms with Crippen molar-refractivity contribution >= 4 is 29.2 Å². The molecule has 0 aromatic carbocycles. The summed E-state index contributed by atoms with van der Waals surface area (Å²) in [6.07, 6.45) is 8.53. The summed E-state index contributed by atoms with van der Waals surface area (Å²) in [4.78, 5) is 43.1. The predicted octanol–water partition coefficient (Wildman–Crippen LogP) is 0.971. The molecule has 10 nitrogen and oxygen atoms in total. The van der Waals surface area contributed by atoms with Gasteiger partial charge >= 0.3 is 0 Å². The van der Waals surface area contributed by atoms with Crippen LogP contribution in [-0.2, 0) is 11.3 Å². The fourth-order valence-electron chi connectivity index (χ4n) is 4.07. The van der Waals surface area contributed by atoms with E-state index in [0.717, 1.165) is 55.0 Å². The van der Waals surface area contributed by atoms with Crippen molar-refractivity contribution in [2.75, 3.05) is 59.4 Å². The summed E-state index contributed by atoms with van der Waals surface area (Å²) in [5.74, 6) is 2.41. The Morgan fingerprint density at radius 1 is 0.839 bits per heavy atom. The van der Waals surface area contributed by atoms with Gasteiger partial charge in [0.2, 0.25) is 11.9 Å². The number of pyridine rings is 1. The zero-order valence-corrected chi connectivity index (χ0v) is 17.3. The van der Waals surface area contributed by atoms with Gasteiger partial charge < -0.3 is 19.6 Å². The normalized spacial score (nSPS) is 16.9. The smallest absolute Gasteiger partial charge is 0.246 e. The molecule has 0 spiro atoms. The molecule has 5 rings (SSSR count). The Labute approximate surface area is 180 Å². The largest absolute Gasteiger partial charge is 0.353 e. The standard InChI is InChI=1S/C21H23N9O/c1-27-14-18(31)30(16-4-2-5-22-12-16)13-17-19(27)25-15-26-20(17)28-8-10-29(11-9-28)21-23-6-3-7-24-21/h2-7,12,15H,8-11,13-14H2,1H3. The van der Waals surface area contributed by atoms with Gasteiger partial charge in [-0.1, -0.05) is 0 Å². The molecule has 158 valence electrons. The van der Waals surface area contributed by atoms with Crippen LogP contribution >= 0.6 is 0 Å². The number of nitrogens with zero attached hydrogens (tertiary/aromatic N) is 9. The second kappa shape index (κ2) is 8.13. The van der Waals surface area contributed by atoms with E-state index in [2.05, 4.69) is 34.7 Å². The van der Waals surface area contributed by atoms with Gasteiger partial charge in [0.1, 0.15) is 18.0 Å². The molecule has 31 heavy (non-hydrogen) atoms. The second-order valence-electron chi connectivity index (χ2n) is 7.57. The molecule has 0 N–H and O–H groups in total. The van der Waals surface area contributed by atoms with Gasteiger partial charge in [0, 0.05) is 51.8 Å². The Bertz CT molecular complexity index is 1050. The Morgan fingerprint density at radius 3 is 2.32 bits per heavy atom. The van der Waals surface area contributed by atoms with Crippen LogP contribution in [0.1, 0.15) is 5.56 Å². The van der Waals surface area contributed by atoms with Crippen molar-refractivity contribution in [3.63, 3.8) is 0 Å². The molecule has 1 amide bonds. The fourth-order valence-corrected chi connectivity index (χ4v) is 4.07. The van der Waals surface area contributed by atoms with Crippen LogP contribution in [0.4, 0.5) is 23.3 Å². The third kappa shape index (κ3) is 3.72. The van der Waals surface area contributed by atoms with E-state index in [4.69, 9.17) is 0 Å². The molecule has 3 aromatic heterocycles. The third-order valence-corrected chi connectivity index (χ3v) is 5.62. The molecule has 2 aliphatic heterocycles. The quantitative estimate of drug-likeness (QED) is 0.618. The van der Waals surface area contributed by atoms with E-state index in [1.807, 2.05) is 30.1 Å². The van der Waals surface area contributed by atoms with Gasteiger partial charge in [0.15, 0.2) is 0 Å². The minimum absolute atomic E-state index is 0.00509. The lowest BCUT2D eigenvalue weighted by Gasteiger charge is -2.36. The van der Waals surface area contributed by atoms with Gasteiger partial charge in [-0.15, -0.1) is 0 Å². The number of hydrogen-bond acceptors (Lipinski definition) is 9. The average Bonchev–Trinajstić information content (AvgIpc) is 2.96. The number of anilines is 4. The van der Waals surface area contributed by atoms with Crippen LogP contribution in [0.15, 0.2) is 49.3 Å². The zero-order chi connectivity index (χ0) is 21.2. The Kier molecular flexibility index (Phi) is 5.03. The van der Waals surface area contributed by atoms with Crippen molar-refractivity contribution in [3.8, 4) is 0 Å². The van der Waals surface area contributed by atoms with Gasteiger partial charge in [0.25, 0.3) is 0 Å². The molecule has 3 aromatic rings. The molecule has 10 heteroatoms.